The number of hydrogen-bond donors (Lipinski definition) is 1. The molecule has 1 aliphatic carbocycles. The number of ether oxygens (including phenoxy) is 4. The van der Waals surface area contributed by atoms with Crippen molar-refractivity contribution in [1.29, 1.82) is 0 Å². The van der Waals surface area contributed by atoms with Crippen LogP contribution in [0.3, 0.4) is 0 Å². The summed E-state index contributed by atoms with van der Waals surface area (Å²) < 4.78 is 19.7. The maximum atomic E-state index is 12.1. The van der Waals surface area contributed by atoms with Crippen LogP contribution in [-0.2, 0) is 23.7 Å². The average Bonchev–Trinajstić information content (AvgIpc) is 2.45. The van der Waals surface area contributed by atoms with Crippen LogP contribution in [0.25, 0.3) is 0 Å². The molecule has 0 amide bonds. The van der Waals surface area contributed by atoms with Crippen molar-refractivity contribution in [3.63, 3.8) is 0 Å². The number of hydrogen-bond acceptors (Lipinski definition) is 7. The maximum absolute atomic E-state index is 12.1. The summed E-state index contributed by atoms with van der Waals surface area (Å²) in [5.74, 6) is -0.536. The molecule has 1 saturated carbocycles. The normalized spacial score (nSPS) is 22.5. The first-order valence-electron chi connectivity index (χ1n) is 7.10. The Kier molecular flexibility index (Phi) is 6.91. The van der Waals surface area contributed by atoms with E-state index in [4.69, 9.17) is 9.47 Å². The van der Waals surface area contributed by atoms with Gasteiger partial charge in [0.1, 0.15) is 12.7 Å². The van der Waals surface area contributed by atoms with Gasteiger partial charge in [0.2, 0.25) is 0 Å². The Morgan fingerprint density at radius 2 is 1.86 bits per heavy atom. The van der Waals surface area contributed by atoms with Crippen molar-refractivity contribution in [2.45, 2.75) is 57.3 Å². The number of methoxy groups -OCH3 is 1. The summed E-state index contributed by atoms with van der Waals surface area (Å²) in [6.45, 7) is 3.17. The zero-order chi connectivity index (χ0) is 15.9. The lowest BCUT2D eigenvalue weighted by Crippen LogP contribution is -2.43. The largest absolute Gasteiger partial charge is 0.508 e. The summed E-state index contributed by atoms with van der Waals surface area (Å²) in [5.41, 5.74) is -1.17. The van der Waals surface area contributed by atoms with Gasteiger partial charge in [-0.25, -0.2) is 9.59 Å². The van der Waals surface area contributed by atoms with Crippen molar-refractivity contribution in [2.24, 2.45) is 0 Å². The molecule has 1 rings (SSSR count). The molecular formula is C14H24O7. The van der Waals surface area contributed by atoms with Gasteiger partial charge in [0.05, 0.1) is 19.8 Å². The van der Waals surface area contributed by atoms with Crippen LogP contribution in [0.5, 0.6) is 0 Å². The van der Waals surface area contributed by atoms with Gasteiger partial charge < -0.3 is 24.1 Å². The van der Waals surface area contributed by atoms with E-state index in [9.17, 15) is 14.7 Å². The van der Waals surface area contributed by atoms with E-state index >= 15 is 0 Å². The van der Waals surface area contributed by atoms with Crippen molar-refractivity contribution in [3.8, 4) is 0 Å². The average molecular weight is 304 g/mol. The highest BCUT2D eigenvalue weighted by atomic mass is 16.7. The van der Waals surface area contributed by atoms with Gasteiger partial charge in [0, 0.05) is 0 Å². The van der Waals surface area contributed by atoms with Crippen LogP contribution in [0.2, 0.25) is 0 Å². The SMILES string of the molecule is COC(=O)OCCOC(C)(C)C(=O)OC1CCCCC1O. The molecule has 0 spiro atoms. The molecule has 0 heterocycles. The zero-order valence-electron chi connectivity index (χ0n) is 12.8. The molecule has 21 heavy (non-hydrogen) atoms. The Balaban J connectivity index is 2.34. The third kappa shape index (κ3) is 5.89. The molecule has 1 fully saturated rings. The van der Waals surface area contributed by atoms with Crippen molar-refractivity contribution in [1.82, 2.24) is 0 Å². The van der Waals surface area contributed by atoms with Crippen LogP contribution in [0, 0.1) is 0 Å². The predicted molar refractivity (Wildman–Crippen MR) is 72.7 cm³/mol. The van der Waals surface area contributed by atoms with Gasteiger partial charge >= 0.3 is 12.1 Å². The van der Waals surface area contributed by atoms with Gasteiger partial charge in [-0.15, -0.1) is 0 Å². The first kappa shape index (κ1) is 17.7. The van der Waals surface area contributed by atoms with Crippen molar-refractivity contribution < 1.29 is 33.6 Å². The van der Waals surface area contributed by atoms with Gasteiger partial charge in [0.25, 0.3) is 0 Å². The van der Waals surface area contributed by atoms with Crippen molar-refractivity contribution >= 4 is 12.1 Å². The van der Waals surface area contributed by atoms with E-state index < -0.39 is 29.9 Å². The second-order valence-electron chi connectivity index (χ2n) is 5.46. The minimum Gasteiger partial charge on any atom is -0.457 e. The van der Waals surface area contributed by atoms with E-state index in [0.29, 0.717) is 12.8 Å². The Labute approximate surface area is 124 Å². The standard InChI is InChI=1S/C14H24O7/c1-14(2,20-9-8-19-13(17)18-3)12(16)21-11-7-5-4-6-10(11)15/h10-11,15H,4-9H2,1-3H3. The monoisotopic (exact) mass is 304 g/mol. The topological polar surface area (TPSA) is 91.3 Å². The molecule has 0 aromatic heterocycles. The van der Waals surface area contributed by atoms with Crippen LogP contribution in [0.1, 0.15) is 39.5 Å². The number of carbonyl (C=O) groups is 2. The molecular weight excluding hydrogens is 280 g/mol. The molecule has 0 aromatic carbocycles. The summed E-state index contributed by atoms with van der Waals surface area (Å²) in [5, 5.41) is 9.80. The first-order chi connectivity index (χ1) is 9.86. The Hall–Kier alpha value is -1.34. The number of aliphatic hydroxyl groups is 1. The van der Waals surface area contributed by atoms with E-state index in [1.54, 1.807) is 13.8 Å². The van der Waals surface area contributed by atoms with Crippen LogP contribution >= 0.6 is 0 Å². The lowest BCUT2D eigenvalue weighted by Gasteiger charge is -2.31. The van der Waals surface area contributed by atoms with E-state index in [-0.39, 0.29) is 13.2 Å². The minimum atomic E-state index is -1.17. The van der Waals surface area contributed by atoms with Gasteiger partial charge in [0.15, 0.2) is 5.60 Å². The third-order valence-corrected chi connectivity index (χ3v) is 3.35. The van der Waals surface area contributed by atoms with E-state index in [0.717, 1.165) is 12.8 Å². The van der Waals surface area contributed by atoms with Gasteiger partial charge in [-0.3, -0.25) is 0 Å². The lowest BCUT2D eigenvalue weighted by atomic mass is 9.94. The molecule has 1 aliphatic rings. The highest BCUT2D eigenvalue weighted by Crippen LogP contribution is 2.23. The molecule has 0 radical (unpaired) electrons. The van der Waals surface area contributed by atoms with E-state index in [1.165, 1.54) is 7.11 Å². The number of carbonyl (C=O) groups excluding carboxylic acids is 2. The minimum absolute atomic E-state index is 0.0184. The smallest absolute Gasteiger partial charge is 0.457 e. The van der Waals surface area contributed by atoms with E-state index in [1.807, 2.05) is 0 Å². The summed E-state index contributed by atoms with van der Waals surface area (Å²) in [6, 6.07) is 0. The number of aliphatic hydroxyl groups excluding tert-OH is 1. The van der Waals surface area contributed by atoms with Crippen molar-refractivity contribution in [3.05, 3.63) is 0 Å². The number of rotatable bonds is 6. The van der Waals surface area contributed by atoms with Gasteiger partial charge in [-0.2, -0.15) is 0 Å². The number of esters is 1. The molecule has 2 unspecified atom stereocenters. The Bertz CT molecular complexity index is 353. The molecule has 0 aliphatic heterocycles. The second-order valence-corrected chi connectivity index (χ2v) is 5.46. The first-order valence-corrected chi connectivity index (χ1v) is 7.10. The highest BCUT2D eigenvalue weighted by molar-refractivity contribution is 5.78. The molecule has 2 atom stereocenters. The fourth-order valence-corrected chi connectivity index (χ4v) is 2.03. The van der Waals surface area contributed by atoms with Crippen molar-refractivity contribution in [2.75, 3.05) is 20.3 Å². The van der Waals surface area contributed by atoms with Crippen LogP contribution < -0.4 is 0 Å². The Morgan fingerprint density at radius 3 is 2.48 bits per heavy atom. The molecule has 0 saturated heterocycles. The van der Waals surface area contributed by atoms with Crippen LogP contribution in [-0.4, -0.2) is 55.4 Å². The van der Waals surface area contributed by atoms with Crippen LogP contribution in [0.4, 0.5) is 4.79 Å². The molecule has 7 heteroatoms. The fourth-order valence-electron chi connectivity index (χ4n) is 2.03. The Morgan fingerprint density at radius 1 is 1.19 bits per heavy atom. The summed E-state index contributed by atoms with van der Waals surface area (Å²) in [7, 11) is 1.21. The molecule has 0 aromatic rings. The van der Waals surface area contributed by atoms with Gasteiger partial charge in [-0.1, -0.05) is 6.42 Å². The third-order valence-electron chi connectivity index (χ3n) is 3.35. The quantitative estimate of drug-likeness (QED) is 0.586. The zero-order valence-corrected chi connectivity index (χ0v) is 12.8. The molecule has 1 N–H and O–H groups in total. The molecule has 122 valence electrons. The summed E-state index contributed by atoms with van der Waals surface area (Å²) in [4.78, 5) is 22.8. The van der Waals surface area contributed by atoms with Crippen LogP contribution in [0.15, 0.2) is 0 Å². The maximum Gasteiger partial charge on any atom is 0.508 e. The fraction of sp³-hybridized carbons (Fsp3) is 0.857. The molecule has 0 bridgehead atoms. The summed E-state index contributed by atoms with van der Waals surface area (Å²) >= 11 is 0. The van der Waals surface area contributed by atoms with E-state index in [2.05, 4.69) is 9.47 Å². The highest BCUT2D eigenvalue weighted by Gasteiger charge is 2.35. The summed E-state index contributed by atoms with van der Waals surface area (Å²) in [6.07, 6.45) is 1.30. The second kappa shape index (κ2) is 8.19. The van der Waals surface area contributed by atoms with Gasteiger partial charge in [-0.05, 0) is 33.1 Å². The molecule has 7 nitrogen and oxygen atoms in total. The predicted octanol–water partition coefficient (Wildman–Crippen LogP) is 1.41. The lowest BCUT2D eigenvalue weighted by molar-refractivity contribution is -0.182.